The van der Waals surface area contributed by atoms with Crippen LogP contribution in [-0.4, -0.2) is 11.1 Å². The van der Waals surface area contributed by atoms with Crippen LogP contribution in [0.15, 0.2) is 30.3 Å². The molecule has 0 saturated carbocycles. The average molecular weight is 205 g/mol. The third kappa shape index (κ3) is 1.50. The molecule has 4 heteroatoms. The summed E-state index contributed by atoms with van der Waals surface area (Å²) in [6, 6.07) is 6.23. The van der Waals surface area contributed by atoms with E-state index in [1.54, 1.807) is 0 Å². The molecule has 1 N–H and O–H groups in total. The van der Waals surface area contributed by atoms with Crippen LogP contribution in [0.1, 0.15) is 10.4 Å². The van der Waals surface area contributed by atoms with E-state index < -0.39 is 17.5 Å². The molecule has 0 aliphatic heterocycles. The van der Waals surface area contributed by atoms with Crippen LogP contribution in [0.4, 0.5) is 4.39 Å². The van der Waals surface area contributed by atoms with Crippen molar-refractivity contribution >= 4 is 16.7 Å². The normalized spacial score (nSPS) is 10.5. The highest BCUT2D eigenvalue weighted by atomic mass is 19.1. The minimum absolute atomic E-state index is 0.219. The maximum absolute atomic E-state index is 12.8. The molecule has 0 amide bonds. The highest BCUT2D eigenvalue weighted by molar-refractivity contribution is 5.99. The van der Waals surface area contributed by atoms with Gasteiger partial charge in [0.15, 0.2) is 0 Å². The van der Waals surface area contributed by atoms with Gasteiger partial charge in [-0.25, -0.2) is 9.18 Å². The number of carbonyl (C=O) groups is 1. The fourth-order valence-corrected chi connectivity index (χ4v) is 1.44. The molecule has 76 valence electrons. The van der Waals surface area contributed by atoms with E-state index in [4.69, 9.17) is 5.11 Å². The summed E-state index contributed by atoms with van der Waals surface area (Å²) in [6.07, 6.45) is 0. The maximum Gasteiger partial charge on any atom is 0.335 e. The van der Waals surface area contributed by atoms with Crippen LogP contribution in [0.25, 0.3) is 10.8 Å². The van der Waals surface area contributed by atoms with Gasteiger partial charge in [-0.05, 0) is 29.0 Å². The molecule has 0 fully saturated rings. The SMILES string of the molecule is O=C(O)c1ccc2cc(F)ccc2c1[O-]. The van der Waals surface area contributed by atoms with Crippen LogP contribution < -0.4 is 5.11 Å². The second-order valence-electron chi connectivity index (χ2n) is 3.11. The summed E-state index contributed by atoms with van der Waals surface area (Å²) < 4.78 is 12.8. The molecule has 0 aliphatic carbocycles. The van der Waals surface area contributed by atoms with Gasteiger partial charge in [-0.1, -0.05) is 17.9 Å². The molecular weight excluding hydrogens is 199 g/mol. The van der Waals surface area contributed by atoms with Gasteiger partial charge in [0.25, 0.3) is 0 Å². The lowest BCUT2D eigenvalue weighted by Crippen LogP contribution is -2.04. The second-order valence-corrected chi connectivity index (χ2v) is 3.11. The van der Waals surface area contributed by atoms with Gasteiger partial charge < -0.3 is 10.2 Å². The van der Waals surface area contributed by atoms with Crippen molar-refractivity contribution in [3.05, 3.63) is 41.7 Å². The lowest BCUT2D eigenvalue weighted by Gasteiger charge is -2.13. The zero-order chi connectivity index (χ0) is 11.0. The highest BCUT2D eigenvalue weighted by Crippen LogP contribution is 2.26. The van der Waals surface area contributed by atoms with E-state index in [1.807, 2.05) is 0 Å². The molecule has 0 saturated heterocycles. The largest absolute Gasteiger partial charge is 0.871 e. The summed E-state index contributed by atoms with van der Waals surface area (Å²) in [7, 11) is 0. The Hall–Kier alpha value is -2.10. The van der Waals surface area contributed by atoms with Crippen LogP contribution in [-0.2, 0) is 0 Å². The van der Waals surface area contributed by atoms with E-state index in [2.05, 4.69) is 0 Å². The molecule has 0 bridgehead atoms. The van der Waals surface area contributed by atoms with E-state index in [9.17, 15) is 14.3 Å². The van der Waals surface area contributed by atoms with E-state index >= 15 is 0 Å². The lowest BCUT2D eigenvalue weighted by molar-refractivity contribution is -0.266. The molecule has 0 heterocycles. The van der Waals surface area contributed by atoms with Crippen LogP contribution in [0, 0.1) is 5.82 Å². The van der Waals surface area contributed by atoms with Gasteiger partial charge in [0.2, 0.25) is 0 Å². The number of hydrogen-bond acceptors (Lipinski definition) is 2. The zero-order valence-electron chi connectivity index (χ0n) is 7.53. The summed E-state index contributed by atoms with van der Waals surface area (Å²) in [5, 5.41) is 20.9. The van der Waals surface area contributed by atoms with Crippen molar-refractivity contribution < 1.29 is 19.4 Å². The Morgan fingerprint density at radius 2 is 2.00 bits per heavy atom. The van der Waals surface area contributed by atoms with Crippen molar-refractivity contribution in [3.8, 4) is 5.75 Å². The number of aromatic carboxylic acids is 1. The molecule has 3 nitrogen and oxygen atoms in total. The molecule has 0 aromatic heterocycles. The Morgan fingerprint density at radius 1 is 1.27 bits per heavy atom. The molecule has 0 unspecified atom stereocenters. The van der Waals surface area contributed by atoms with E-state index in [1.165, 1.54) is 24.3 Å². The Morgan fingerprint density at radius 3 is 2.67 bits per heavy atom. The highest BCUT2D eigenvalue weighted by Gasteiger charge is 2.06. The summed E-state index contributed by atoms with van der Waals surface area (Å²) in [5.41, 5.74) is -0.297. The fraction of sp³-hybridized carbons (Fsp3) is 0. The molecule has 0 atom stereocenters. The average Bonchev–Trinajstić information content (AvgIpc) is 2.17. The topological polar surface area (TPSA) is 60.4 Å². The Bertz CT molecular complexity index is 549. The summed E-state index contributed by atoms with van der Waals surface area (Å²) in [5.74, 6) is -2.31. The van der Waals surface area contributed by atoms with Crippen LogP contribution in [0.3, 0.4) is 0 Å². The van der Waals surface area contributed by atoms with Crippen LogP contribution >= 0.6 is 0 Å². The number of halogens is 1. The predicted molar refractivity (Wildman–Crippen MR) is 50.3 cm³/mol. The first-order valence-electron chi connectivity index (χ1n) is 4.22. The first-order valence-corrected chi connectivity index (χ1v) is 4.22. The Labute approximate surface area is 84.4 Å². The number of hydrogen-bond donors (Lipinski definition) is 1. The standard InChI is InChI=1S/C11H7FO3/c12-7-2-4-8-6(5-7)1-3-9(10(8)13)11(14)15/h1-5,13H,(H,14,15)/p-1. The number of carboxylic acid groups (broad SMARTS) is 1. The van der Waals surface area contributed by atoms with Gasteiger partial charge in [0.1, 0.15) is 5.82 Å². The van der Waals surface area contributed by atoms with Crippen molar-refractivity contribution in [3.63, 3.8) is 0 Å². The molecule has 15 heavy (non-hydrogen) atoms. The van der Waals surface area contributed by atoms with Gasteiger partial charge in [-0.15, -0.1) is 0 Å². The van der Waals surface area contributed by atoms with E-state index in [0.29, 0.717) is 5.39 Å². The van der Waals surface area contributed by atoms with Crippen LogP contribution in [0.2, 0.25) is 0 Å². The first kappa shape index (κ1) is 9.45. The fourth-order valence-electron chi connectivity index (χ4n) is 1.44. The predicted octanol–water partition coefficient (Wildman–Crippen LogP) is 1.75. The minimum Gasteiger partial charge on any atom is -0.871 e. The monoisotopic (exact) mass is 205 g/mol. The molecule has 0 aliphatic rings. The molecule has 2 aromatic carbocycles. The number of rotatable bonds is 1. The van der Waals surface area contributed by atoms with Gasteiger partial charge in [0, 0.05) is 0 Å². The number of benzene rings is 2. The molecule has 2 rings (SSSR count). The van der Waals surface area contributed by atoms with Crippen molar-refractivity contribution in [2.75, 3.05) is 0 Å². The van der Waals surface area contributed by atoms with Gasteiger partial charge in [-0.2, -0.15) is 0 Å². The van der Waals surface area contributed by atoms with E-state index in [0.717, 1.165) is 6.07 Å². The summed E-state index contributed by atoms with van der Waals surface area (Å²) in [6.45, 7) is 0. The Kier molecular flexibility index (Phi) is 2.04. The second kappa shape index (κ2) is 3.24. The van der Waals surface area contributed by atoms with Crippen molar-refractivity contribution in [1.29, 1.82) is 0 Å². The summed E-state index contributed by atoms with van der Waals surface area (Å²) >= 11 is 0. The van der Waals surface area contributed by atoms with Crippen molar-refractivity contribution in [2.24, 2.45) is 0 Å². The molecule has 0 spiro atoms. The summed E-state index contributed by atoms with van der Waals surface area (Å²) in [4.78, 5) is 10.7. The molecule has 2 aromatic rings. The van der Waals surface area contributed by atoms with E-state index in [-0.39, 0.29) is 10.9 Å². The third-order valence-electron chi connectivity index (χ3n) is 2.16. The quantitative estimate of drug-likeness (QED) is 0.771. The minimum atomic E-state index is -1.27. The molecular formula is C11H6FO3-. The first-order chi connectivity index (χ1) is 7.09. The number of carboxylic acids is 1. The maximum atomic E-state index is 12.8. The zero-order valence-corrected chi connectivity index (χ0v) is 7.53. The van der Waals surface area contributed by atoms with Gasteiger partial charge in [0.05, 0.1) is 5.56 Å². The smallest absolute Gasteiger partial charge is 0.335 e. The van der Waals surface area contributed by atoms with Gasteiger partial charge in [-0.3, -0.25) is 0 Å². The van der Waals surface area contributed by atoms with Crippen molar-refractivity contribution in [1.82, 2.24) is 0 Å². The van der Waals surface area contributed by atoms with Crippen molar-refractivity contribution in [2.45, 2.75) is 0 Å². The van der Waals surface area contributed by atoms with Crippen LogP contribution in [0.5, 0.6) is 5.75 Å². The number of fused-ring (bicyclic) bond motifs is 1. The lowest BCUT2D eigenvalue weighted by atomic mass is 10.1. The third-order valence-corrected chi connectivity index (χ3v) is 2.16. The van der Waals surface area contributed by atoms with Gasteiger partial charge >= 0.3 is 5.97 Å². The Balaban J connectivity index is 2.80. The molecule has 0 radical (unpaired) electrons.